The van der Waals surface area contributed by atoms with Crippen LogP contribution in [0.25, 0.3) is 0 Å². The van der Waals surface area contributed by atoms with Gasteiger partial charge in [-0.1, -0.05) is 0 Å². The molecule has 1 rings (SSSR count). The summed E-state index contributed by atoms with van der Waals surface area (Å²) in [5.74, 6) is 0. The Morgan fingerprint density at radius 1 is 1.47 bits per heavy atom. The Kier molecular flexibility index (Phi) is 5.28. The number of alkyl halides is 1. The number of hydrogen-bond acceptors (Lipinski definition) is 3. The molecule has 0 aromatic heterocycles. The molecule has 0 aromatic carbocycles. The van der Waals surface area contributed by atoms with Gasteiger partial charge in [-0.05, 0) is 13.3 Å². The van der Waals surface area contributed by atoms with Crippen molar-refractivity contribution in [3.63, 3.8) is 0 Å². The maximum atomic E-state index is 11.7. The molecule has 0 aliphatic carbocycles. The molecular formula is C8H17ClN2O3S. The van der Waals surface area contributed by atoms with Crippen LogP contribution in [0.3, 0.4) is 0 Å². The van der Waals surface area contributed by atoms with E-state index in [1.165, 1.54) is 4.31 Å². The van der Waals surface area contributed by atoms with Crippen LogP contribution >= 0.6 is 11.6 Å². The van der Waals surface area contributed by atoms with Gasteiger partial charge in [0.25, 0.3) is 10.2 Å². The van der Waals surface area contributed by atoms with Crippen molar-refractivity contribution in [3.05, 3.63) is 0 Å². The third-order valence-corrected chi connectivity index (χ3v) is 3.97. The third-order valence-electron chi connectivity index (χ3n) is 2.14. The summed E-state index contributed by atoms with van der Waals surface area (Å²) in [5, 5.41) is -0.0163. The number of nitrogens with zero attached hydrogens (tertiary/aromatic N) is 1. The fraction of sp³-hybridized carbons (Fsp3) is 1.00. The van der Waals surface area contributed by atoms with Crippen molar-refractivity contribution >= 4 is 21.8 Å². The van der Waals surface area contributed by atoms with Crippen LogP contribution in [0.15, 0.2) is 0 Å². The summed E-state index contributed by atoms with van der Waals surface area (Å²) in [5.41, 5.74) is 0. The van der Waals surface area contributed by atoms with Crippen LogP contribution in [0.1, 0.15) is 13.3 Å². The summed E-state index contributed by atoms with van der Waals surface area (Å²) in [6.45, 7) is 3.99. The minimum atomic E-state index is -3.33. The summed E-state index contributed by atoms with van der Waals surface area (Å²) in [6, 6.07) is 0. The highest BCUT2D eigenvalue weighted by molar-refractivity contribution is 7.87. The van der Waals surface area contributed by atoms with Crippen LogP contribution in [0.2, 0.25) is 0 Å². The van der Waals surface area contributed by atoms with E-state index < -0.39 is 10.2 Å². The van der Waals surface area contributed by atoms with E-state index in [1.54, 1.807) is 0 Å². The van der Waals surface area contributed by atoms with Gasteiger partial charge in [-0.3, -0.25) is 0 Å². The fourth-order valence-electron chi connectivity index (χ4n) is 1.27. The number of rotatable bonds is 5. The van der Waals surface area contributed by atoms with E-state index in [9.17, 15) is 8.42 Å². The van der Waals surface area contributed by atoms with Crippen molar-refractivity contribution in [2.24, 2.45) is 0 Å². The average Bonchev–Trinajstić information content (AvgIpc) is 2.18. The molecule has 1 N–H and O–H groups in total. The second kappa shape index (κ2) is 6.00. The Bertz CT molecular complexity index is 276. The zero-order valence-corrected chi connectivity index (χ0v) is 10.4. The van der Waals surface area contributed by atoms with E-state index in [-0.39, 0.29) is 5.38 Å². The number of halogens is 1. The lowest BCUT2D eigenvalue weighted by Gasteiger charge is -2.26. The smallest absolute Gasteiger partial charge is 0.279 e. The van der Waals surface area contributed by atoms with Gasteiger partial charge in [-0.15, -0.1) is 11.6 Å². The Hall–Kier alpha value is 0.120. The molecule has 0 saturated carbocycles. The molecule has 0 bridgehead atoms. The maximum absolute atomic E-state index is 11.7. The number of morpholine rings is 1. The molecule has 1 heterocycles. The van der Waals surface area contributed by atoms with E-state index in [1.807, 2.05) is 6.92 Å². The summed E-state index contributed by atoms with van der Waals surface area (Å²) < 4.78 is 32.4. The first-order chi connectivity index (χ1) is 7.02. The SMILES string of the molecule is CC(Cl)CCNS(=O)(=O)N1CCOCC1. The van der Waals surface area contributed by atoms with Gasteiger partial charge in [-0.25, -0.2) is 4.72 Å². The van der Waals surface area contributed by atoms with Gasteiger partial charge in [0.05, 0.1) is 13.2 Å². The molecule has 90 valence electrons. The third kappa shape index (κ3) is 4.65. The van der Waals surface area contributed by atoms with Gasteiger partial charge >= 0.3 is 0 Å². The molecule has 0 spiro atoms. The van der Waals surface area contributed by atoms with Crippen molar-refractivity contribution in [3.8, 4) is 0 Å². The lowest BCUT2D eigenvalue weighted by Crippen LogP contribution is -2.46. The molecule has 1 fully saturated rings. The maximum Gasteiger partial charge on any atom is 0.279 e. The number of ether oxygens (including phenoxy) is 1. The van der Waals surface area contributed by atoms with Crippen LogP contribution in [0.4, 0.5) is 0 Å². The molecule has 5 nitrogen and oxygen atoms in total. The average molecular weight is 257 g/mol. The molecule has 1 saturated heterocycles. The van der Waals surface area contributed by atoms with E-state index in [4.69, 9.17) is 16.3 Å². The lowest BCUT2D eigenvalue weighted by molar-refractivity contribution is 0.0725. The normalized spacial score (nSPS) is 21.5. The molecule has 1 unspecified atom stereocenters. The zero-order valence-electron chi connectivity index (χ0n) is 8.78. The molecular weight excluding hydrogens is 240 g/mol. The molecule has 15 heavy (non-hydrogen) atoms. The highest BCUT2D eigenvalue weighted by Gasteiger charge is 2.23. The highest BCUT2D eigenvalue weighted by Crippen LogP contribution is 2.04. The molecule has 0 amide bonds. The quantitative estimate of drug-likeness (QED) is 0.714. The summed E-state index contributed by atoms with van der Waals surface area (Å²) in [7, 11) is -3.33. The standard InChI is InChI=1S/C8H17ClN2O3S/c1-8(9)2-3-10-15(12,13)11-4-6-14-7-5-11/h8,10H,2-7H2,1H3. The first-order valence-corrected chi connectivity index (χ1v) is 6.86. The van der Waals surface area contributed by atoms with Crippen molar-refractivity contribution in [1.29, 1.82) is 0 Å². The van der Waals surface area contributed by atoms with E-state index in [0.717, 1.165) is 0 Å². The van der Waals surface area contributed by atoms with Gasteiger partial charge in [0.1, 0.15) is 0 Å². The summed E-state index contributed by atoms with van der Waals surface area (Å²) in [6.07, 6.45) is 0.630. The van der Waals surface area contributed by atoms with Gasteiger partial charge in [0, 0.05) is 25.0 Å². The van der Waals surface area contributed by atoms with Gasteiger partial charge in [-0.2, -0.15) is 12.7 Å². The first-order valence-electron chi connectivity index (χ1n) is 4.99. The van der Waals surface area contributed by atoms with Crippen LogP contribution in [0, 0.1) is 0 Å². The van der Waals surface area contributed by atoms with Gasteiger partial charge in [0.2, 0.25) is 0 Å². The van der Waals surface area contributed by atoms with Crippen LogP contribution < -0.4 is 4.72 Å². The largest absolute Gasteiger partial charge is 0.379 e. The van der Waals surface area contributed by atoms with Crippen molar-refractivity contribution in [1.82, 2.24) is 9.03 Å². The summed E-state index contributed by atoms with van der Waals surface area (Å²) in [4.78, 5) is 0. The van der Waals surface area contributed by atoms with Crippen molar-refractivity contribution in [2.75, 3.05) is 32.8 Å². The predicted octanol–water partition coefficient (Wildman–Crippen LogP) is 0.170. The Balaban J connectivity index is 2.36. The van der Waals surface area contributed by atoms with E-state index in [0.29, 0.717) is 39.3 Å². The fourth-order valence-corrected chi connectivity index (χ4v) is 2.56. The lowest BCUT2D eigenvalue weighted by atomic mass is 10.3. The van der Waals surface area contributed by atoms with Crippen molar-refractivity contribution in [2.45, 2.75) is 18.7 Å². The molecule has 1 atom stereocenters. The topological polar surface area (TPSA) is 58.6 Å². The van der Waals surface area contributed by atoms with E-state index >= 15 is 0 Å². The minimum absolute atomic E-state index is 0.0163. The number of nitrogens with one attached hydrogen (secondary N) is 1. The van der Waals surface area contributed by atoms with Crippen LogP contribution in [0.5, 0.6) is 0 Å². The molecule has 0 radical (unpaired) electrons. The van der Waals surface area contributed by atoms with Crippen LogP contribution in [-0.4, -0.2) is 50.9 Å². The predicted molar refractivity (Wildman–Crippen MR) is 59.2 cm³/mol. The van der Waals surface area contributed by atoms with Gasteiger partial charge < -0.3 is 4.74 Å². The Morgan fingerprint density at radius 3 is 2.60 bits per heavy atom. The molecule has 0 aromatic rings. The highest BCUT2D eigenvalue weighted by atomic mass is 35.5. The van der Waals surface area contributed by atoms with Crippen molar-refractivity contribution < 1.29 is 13.2 Å². The Labute approximate surface area is 95.9 Å². The number of hydrogen-bond donors (Lipinski definition) is 1. The zero-order chi connectivity index (χ0) is 11.3. The van der Waals surface area contributed by atoms with Crippen LogP contribution in [-0.2, 0) is 14.9 Å². The van der Waals surface area contributed by atoms with E-state index in [2.05, 4.69) is 4.72 Å². The minimum Gasteiger partial charge on any atom is -0.379 e. The molecule has 7 heteroatoms. The second-order valence-corrected chi connectivity index (χ2v) is 5.98. The Morgan fingerprint density at radius 2 is 2.07 bits per heavy atom. The second-order valence-electron chi connectivity index (χ2n) is 3.48. The monoisotopic (exact) mass is 256 g/mol. The first kappa shape index (κ1) is 13.2. The molecule has 1 aliphatic heterocycles. The summed E-state index contributed by atoms with van der Waals surface area (Å²) >= 11 is 5.72. The van der Waals surface area contributed by atoms with Gasteiger partial charge in [0.15, 0.2) is 0 Å². The molecule has 1 aliphatic rings.